The van der Waals surface area contributed by atoms with Gasteiger partial charge in [-0.15, -0.1) is 0 Å². The molecule has 31 heavy (non-hydrogen) atoms. The summed E-state index contributed by atoms with van der Waals surface area (Å²) in [6.45, 7) is 2.45. The van der Waals surface area contributed by atoms with E-state index in [-0.39, 0.29) is 25.2 Å². The van der Waals surface area contributed by atoms with Crippen LogP contribution in [0, 0.1) is 5.92 Å². The Hall–Kier alpha value is -2.10. The normalized spacial score (nSPS) is 12.5. The monoisotopic (exact) mass is 556 g/mol. The minimum absolute atomic E-state index is 0.133. The average molecular weight is 558 g/mol. The van der Waals surface area contributed by atoms with Gasteiger partial charge in [0.25, 0.3) is 0 Å². The number of ether oxygens (including phenoxy) is 3. The molecular formula is C22H26Br2N2O5. The van der Waals surface area contributed by atoms with Gasteiger partial charge < -0.3 is 14.2 Å². The van der Waals surface area contributed by atoms with Crippen LogP contribution in [0.5, 0.6) is 0 Å². The third kappa shape index (κ3) is 10.2. The molecule has 0 aliphatic carbocycles. The number of carbonyl (C=O) groups excluding carboxylic acids is 2. The standard InChI is InChI=1S/C22H26Br2N2O5/c1-15(11-12-30-21(27)25-18-7-3-16(23)4-8-18)13-20(29-2)14-31-22(28)26-19-9-5-17(24)6-10-19/h3-10,15,20H,11-14H2,1-2H3,(H,25,27)(H,26,28)/t15-,20+/m1/s1. The lowest BCUT2D eigenvalue weighted by Crippen LogP contribution is -2.26. The van der Waals surface area contributed by atoms with Crippen molar-refractivity contribution >= 4 is 55.4 Å². The number of benzene rings is 2. The fourth-order valence-electron chi connectivity index (χ4n) is 2.69. The number of amides is 2. The summed E-state index contributed by atoms with van der Waals surface area (Å²) in [6.07, 6.45) is 0.0522. The quantitative estimate of drug-likeness (QED) is 0.351. The van der Waals surface area contributed by atoms with Gasteiger partial charge in [-0.3, -0.25) is 10.6 Å². The van der Waals surface area contributed by atoms with Crippen LogP contribution >= 0.6 is 31.9 Å². The van der Waals surface area contributed by atoms with Gasteiger partial charge in [-0.1, -0.05) is 38.8 Å². The summed E-state index contributed by atoms with van der Waals surface area (Å²) in [5.74, 6) is 0.212. The highest BCUT2D eigenvalue weighted by molar-refractivity contribution is 9.10. The molecule has 0 aliphatic rings. The summed E-state index contributed by atoms with van der Waals surface area (Å²) in [7, 11) is 1.58. The van der Waals surface area contributed by atoms with Crippen LogP contribution in [0.1, 0.15) is 19.8 Å². The lowest BCUT2D eigenvalue weighted by molar-refractivity contribution is 0.0235. The van der Waals surface area contributed by atoms with E-state index in [9.17, 15) is 9.59 Å². The number of carbonyl (C=O) groups is 2. The van der Waals surface area contributed by atoms with Crippen molar-refractivity contribution in [2.45, 2.75) is 25.9 Å². The zero-order chi connectivity index (χ0) is 22.6. The molecule has 2 rings (SSSR count). The fraction of sp³-hybridized carbons (Fsp3) is 0.364. The molecule has 0 spiro atoms. The first-order valence-corrected chi connectivity index (χ1v) is 11.4. The van der Waals surface area contributed by atoms with Gasteiger partial charge in [-0.25, -0.2) is 9.59 Å². The second-order valence-corrected chi connectivity index (χ2v) is 8.82. The van der Waals surface area contributed by atoms with Gasteiger partial charge in [0.2, 0.25) is 0 Å². The predicted octanol–water partition coefficient (Wildman–Crippen LogP) is 6.44. The van der Waals surface area contributed by atoms with E-state index in [1.165, 1.54) is 0 Å². The van der Waals surface area contributed by atoms with Crippen molar-refractivity contribution in [2.75, 3.05) is 31.0 Å². The Kier molecular flexibility index (Phi) is 10.8. The Morgan fingerprint density at radius 2 is 1.35 bits per heavy atom. The molecule has 2 N–H and O–H groups in total. The zero-order valence-electron chi connectivity index (χ0n) is 17.4. The van der Waals surface area contributed by atoms with E-state index in [0.29, 0.717) is 24.2 Å². The minimum atomic E-state index is -0.537. The molecule has 2 aromatic rings. The van der Waals surface area contributed by atoms with Crippen molar-refractivity contribution < 1.29 is 23.8 Å². The Bertz CT molecular complexity index is 831. The Morgan fingerprint density at radius 3 is 1.84 bits per heavy atom. The number of hydrogen-bond acceptors (Lipinski definition) is 5. The van der Waals surface area contributed by atoms with E-state index in [2.05, 4.69) is 42.5 Å². The summed E-state index contributed by atoms with van der Waals surface area (Å²) in [5.41, 5.74) is 1.31. The van der Waals surface area contributed by atoms with Crippen molar-refractivity contribution in [2.24, 2.45) is 5.92 Å². The minimum Gasteiger partial charge on any atom is -0.449 e. The molecule has 0 bridgehead atoms. The summed E-state index contributed by atoms with van der Waals surface area (Å²) in [6, 6.07) is 14.4. The van der Waals surface area contributed by atoms with Crippen LogP contribution in [-0.2, 0) is 14.2 Å². The number of methoxy groups -OCH3 is 1. The molecule has 7 nitrogen and oxygen atoms in total. The van der Waals surface area contributed by atoms with E-state index in [1.807, 2.05) is 31.2 Å². The van der Waals surface area contributed by atoms with Crippen LogP contribution in [-0.4, -0.2) is 38.6 Å². The third-order valence-corrected chi connectivity index (χ3v) is 5.48. The van der Waals surface area contributed by atoms with E-state index < -0.39 is 12.2 Å². The largest absolute Gasteiger partial charge is 0.449 e. The van der Waals surface area contributed by atoms with Gasteiger partial charge in [-0.05, 0) is 67.3 Å². The zero-order valence-corrected chi connectivity index (χ0v) is 20.6. The summed E-state index contributed by atoms with van der Waals surface area (Å²) in [4.78, 5) is 23.8. The number of nitrogens with one attached hydrogen (secondary N) is 2. The smallest absolute Gasteiger partial charge is 0.411 e. The SMILES string of the molecule is CO[C@H](COC(=O)Nc1ccc(Br)cc1)C[C@H](C)CCOC(=O)Nc1ccc(Br)cc1. The van der Waals surface area contributed by atoms with Crippen molar-refractivity contribution in [1.82, 2.24) is 0 Å². The topological polar surface area (TPSA) is 85.9 Å². The van der Waals surface area contributed by atoms with Crippen molar-refractivity contribution in [3.05, 3.63) is 57.5 Å². The van der Waals surface area contributed by atoms with E-state index in [4.69, 9.17) is 14.2 Å². The number of anilines is 2. The number of rotatable bonds is 10. The molecule has 2 aromatic carbocycles. The van der Waals surface area contributed by atoms with Gasteiger partial charge in [-0.2, -0.15) is 0 Å². The van der Waals surface area contributed by atoms with Crippen molar-refractivity contribution in [1.29, 1.82) is 0 Å². The maximum atomic E-state index is 12.0. The highest BCUT2D eigenvalue weighted by atomic mass is 79.9. The molecule has 2 atom stereocenters. The van der Waals surface area contributed by atoms with E-state index in [1.54, 1.807) is 31.4 Å². The fourth-order valence-corrected chi connectivity index (χ4v) is 3.22. The maximum Gasteiger partial charge on any atom is 0.411 e. The predicted molar refractivity (Wildman–Crippen MR) is 127 cm³/mol. The van der Waals surface area contributed by atoms with Crippen molar-refractivity contribution in [3.63, 3.8) is 0 Å². The van der Waals surface area contributed by atoms with E-state index in [0.717, 1.165) is 8.95 Å². The van der Waals surface area contributed by atoms with Crippen LogP contribution in [0.2, 0.25) is 0 Å². The molecule has 0 radical (unpaired) electrons. The molecule has 0 aromatic heterocycles. The first-order valence-electron chi connectivity index (χ1n) is 9.77. The van der Waals surface area contributed by atoms with Crippen LogP contribution < -0.4 is 10.6 Å². The van der Waals surface area contributed by atoms with Gasteiger partial charge >= 0.3 is 12.2 Å². The molecule has 2 amide bonds. The molecule has 0 unspecified atom stereocenters. The Morgan fingerprint density at radius 1 is 0.871 bits per heavy atom. The first kappa shape index (κ1) is 25.2. The van der Waals surface area contributed by atoms with Gasteiger partial charge in [0.1, 0.15) is 6.61 Å². The first-order chi connectivity index (χ1) is 14.9. The summed E-state index contributed by atoms with van der Waals surface area (Å²) < 4.78 is 17.8. The van der Waals surface area contributed by atoms with Crippen LogP contribution in [0.25, 0.3) is 0 Å². The molecule has 0 saturated heterocycles. The van der Waals surface area contributed by atoms with E-state index >= 15 is 0 Å². The highest BCUT2D eigenvalue weighted by Gasteiger charge is 2.16. The number of halogens is 2. The molecular weight excluding hydrogens is 532 g/mol. The van der Waals surface area contributed by atoms with Crippen LogP contribution in [0.15, 0.2) is 57.5 Å². The van der Waals surface area contributed by atoms with Gasteiger partial charge in [0, 0.05) is 27.4 Å². The Balaban J connectivity index is 1.64. The third-order valence-electron chi connectivity index (χ3n) is 4.42. The summed E-state index contributed by atoms with van der Waals surface area (Å²) >= 11 is 6.69. The van der Waals surface area contributed by atoms with Crippen LogP contribution in [0.4, 0.5) is 21.0 Å². The molecule has 0 saturated carbocycles. The lowest BCUT2D eigenvalue weighted by atomic mass is 10.0. The van der Waals surface area contributed by atoms with Crippen LogP contribution in [0.3, 0.4) is 0 Å². The Labute approximate surface area is 199 Å². The highest BCUT2D eigenvalue weighted by Crippen LogP contribution is 2.17. The average Bonchev–Trinajstić information content (AvgIpc) is 2.74. The van der Waals surface area contributed by atoms with Gasteiger partial charge in [0.15, 0.2) is 0 Å². The van der Waals surface area contributed by atoms with Gasteiger partial charge in [0.05, 0.1) is 12.7 Å². The second kappa shape index (κ2) is 13.3. The molecule has 0 fully saturated rings. The second-order valence-electron chi connectivity index (χ2n) is 6.99. The molecule has 168 valence electrons. The summed E-state index contributed by atoms with van der Waals surface area (Å²) in [5, 5.41) is 5.34. The number of hydrogen-bond donors (Lipinski definition) is 2. The lowest BCUT2D eigenvalue weighted by Gasteiger charge is -2.20. The molecule has 0 heterocycles. The maximum absolute atomic E-state index is 12.0. The molecule has 0 aliphatic heterocycles. The molecule has 9 heteroatoms. The van der Waals surface area contributed by atoms with Crippen molar-refractivity contribution in [3.8, 4) is 0 Å².